The van der Waals surface area contributed by atoms with Crippen molar-refractivity contribution in [1.82, 2.24) is 0 Å². The van der Waals surface area contributed by atoms with Crippen LogP contribution >= 0.6 is 0 Å². The van der Waals surface area contributed by atoms with Gasteiger partial charge in [0.2, 0.25) is 5.91 Å². The van der Waals surface area contributed by atoms with Crippen LogP contribution in [-0.2, 0) is 9.59 Å². The van der Waals surface area contributed by atoms with E-state index in [1.165, 1.54) is 0 Å². The van der Waals surface area contributed by atoms with Crippen molar-refractivity contribution in [2.24, 2.45) is 11.8 Å². The van der Waals surface area contributed by atoms with Gasteiger partial charge in [-0.25, -0.2) is 0 Å². The van der Waals surface area contributed by atoms with Crippen molar-refractivity contribution in [3.05, 3.63) is 29.8 Å². The number of carbonyl (C=O) groups is 2. The largest absolute Gasteiger partial charge is 0.481 e. The number of carbonyl (C=O) groups excluding carboxylic acids is 1. The topological polar surface area (TPSA) is 66.4 Å². The number of carboxylic acids is 1. The van der Waals surface area contributed by atoms with Crippen LogP contribution in [0.1, 0.15) is 31.2 Å². The molecule has 0 radical (unpaired) electrons. The van der Waals surface area contributed by atoms with Gasteiger partial charge in [-0.2, -0.15) is 0 Å². The molecule has 1 aromatic carbocycles. The van der Waals surface area contributed by atoms with E-state index in [9.17, 15) is 9.59 Å². The van der Waals surface area contributed by atoms with Crippen molar-refractivity contribution in [1.29, 1.82) is 0 Å². The number of carboxylic acid groups (broad SMARTS) is 1. The smallest absolute Gasteiger partial charge is 0.306 e. The number of rotatable bonds is 3. The van der Waals surface area contributed by atoms with E-state index in [1.54, 1.807) is 0 Å². The zero-order chi connectivity index (χ0) is 13.8. The molecule has 1 fully saturated rings. The number of hydrogen-bond donors (Lipinski definition) is 2. The lowest BCUT2D eigenvalue weighted by molar-refractivity contribution is -0.143. The first kappa shape index (κ1) is 13.6. The Morgan fingerprint density at radius 3 is 2.11 bits per heavy atom. The average molecular weight is 261 g/mol. The van der Waals surface area contributed by atoms with Gasteiger partial charge < -0.3 is 10.4 Å². The predicted molar refractivity (Wildman–Crippen MR) is 72.9 cm³/mol. The van der Waals surface area contributed by atoms with Crippen molar-refractivity contribution in [3.63, 3.8) is 0 Å². The molecule has 2 rings (SSSR count). The summed E-state index contributed by atoms with van der Waals surface area (Å²) in [7, 11) is 0. The molecule has 0 unspecified atom stereocenters. The highest BCUT2D eigenvalue weighted by molar-refractivity contribution is 5.92. The van der Waals surface area contributed by atoms with Gasteiger partial charge in [0.1, 0.15) is 0 Å². The zero-order valence-corrected chi connectivity index (χ0v) is 11.1. The van der Waals surface area contributed by atoms with Gasteiger partial charge in [-0.15, -0.1) is 0 Å². The minimum Gasteiger partial charge on any atom is -0.481 e. The molecule has 19 heavy (non-hydrogen) atoms. The minimum atomic E-state index is -0.739. The number of anilines is 1. The Morgan fingerprint density at radius 1 is 1.05 bits per heavy atom. The van der Waals surface area contributed by atoms with Crippen LogP contribution in [0, 0.1) is 18.8 Å². The Bertz CT molecular complexity index is 459. The Labute approximate surface area is 112 Å². The highest BCUT2D eigenvalue weighted by Crippen LogP contribution is 2.29. The van der Waals surface area contributed by atoms with Crippen molar-refractivity contribution >= 4 is 17.6 Å². The molecule has 1 saturated carbocycles. The highest BCUT2D eigenvalue weighted by Gasteiger charge is 2.29. The molecule has 4 heteroatoms. The van der Waals surface area contributed by atoms with Crippen LogP contribution in [0.4, 0.5) is 5.69 Å². The molecule has 0 aromatic heterocycles. The van der Waals surface area contributed by atoms with Crippen LogP contribution in [0.3, 0.4) is 0 Å². The molecule has 0 heterocycles. The van der Waals surface area contributed by atoms with E-state index in [2.05, 4.69) is 5.32 Å². The molecule has 0 aliphatic heterocycles. The maximum Gasteiger partial charge on any atom is 0.306 e. The molecular formula is C15H19NO3. The molecule has 4 nitrogen and oxygen atoms in total. The van der Waals surface area contributed by atoms with Gasteiger partial charge in [-0.1, -0.05) is 17.7 Å². The summed E-state index contributed by atoms with van der Waals surface area (Å²) >= 11 is 0. The Hall–Kier alpha value is -1.84. The van der Waals surface area contributed by atoms with Crippen molar-refractivity contribution in [3.8, 4) is 0 Å². The molecule has 1 amide bonds. The van der Waals surface area contributed by atoms with E-state index in [1.807, 2.05) is 31.2 Å². The molecule has 0 bridgehead atoms. The molecule has 1 aliphatic rings. The summed E-state index contributed by atoms with van der Waals surface area (Å²) in [6.07, 6.45) is 2.52. The maximum atomic E-state index is 12.1. The highest BCUT2D eigenvalue weighted by atomic mass is 16.4. The second kappa shape index (κ2) is 5.87. The Kier molecular flexibility index (Phi) is 4.20. The lowest BCUT2D eigenvalue weighted by Gasteiger charge is -2.25. The second-order valence-electron chi connectivity index (χ2n) is 5.24. The summed E-state index contributed by atoms with van der Waals surface area (Å²) in [6.45, 7) is 2.00. The average Bonchev–Trinajstić information content (AvgIpc) is 2.41. The molecule has 1 aromatic rings. The molecule has 0 atom stereocenters. The van der Waals surface area contributed by atoms with Gasteiger partial charge in [0.25, 0.3) is 0 Å². The summed E-state index contributed by atoms with van der Waals surface area (Å²) in [5, 5.41) is 11.8. The van der Waals surface area contributed by atoms with Crippen molar-refractivity contribution in [2.75, 3.05) is 5.32 Å². The maximum absolute atomic E-state index is 12.1. The summed E-state index contributed by atoms with van der Waals surface area (Å²) in [5.74, 6) is -1.06. The molecular weight excluding hydrogens is 242 g/mol. The molecule has 0 spiro atoms. The van der Waals surface area contributed by atoms with E-state index in [0.29, 0.717) is 25.7 Å². The molecule has 2 N–H and O–H groups in total. The third-order valence-electron chi connectivity index (χ3n) is 3.77. The summed E-state index contributed by atoms with van der Waals surface area (Å²) < 4.78 is 0. The zero-order valence-electron chi connectivity index (χ0n) is 11.1. The molecule has 102 valence electrons. The first-order valence-electron chi connectivity index (χ1n) is 6.66. The van der Waals surface area contributed by atoms with Gasteiger partial charge in [-0.05, 0) is 44.7 Å². The van der Waals surface area contributed by atoms with Gasteiger partial charge in [0, 0.05) is 11.6 Å². The van der Waals surface area contributed by atoms with Gasteiger partial charge in [0.15, 0.2) is 0 Å². The molecule has 0 saturated heterocycles. The predicted octanol–water partition coefficient (Wildman–Crippen LogP) is 2.82. The van der Waals surface area contributed by atoms with Crippen LogP contribution in [0.2, 0.25) is 0 Å². The van der Waals surface area contributed by atoms with Crippen LogP contribution in [0.25, 0.3) is 0 Å². The van der Waals surface area contributed by atoms with Crippen molar-refractivity contribution < 1.29 is 14.7 Å². The lowest BCUT2D eigenvalue weighted by Crippen LogP contribution is -2.29. The van der Waals surface area contributed by atoms with E-state index >= 15 is 0 Å². The van der Waals surface area contributed by atoms with E-state index in [0.717, 1.165) is 11.3 Å². The first-order valence-corrected chi connectivity index (χ1v) is 6.66. The summed E-state index contributed by atoms with van der Waals surface area (Å²) in [5.41, 5.74) is 1.95. The Balaban J connectivity index is 1.88. The Morgan fingerprint density at radius 2 is 1.58 bits per heavy atom. The fourth-order valence-corrected chi connectivity index (χ4v) is 2.48. The number of hydrogen-bond acceptors (Lipinski definition) is 2. The van der Waals surface area contributed by atoms with E-state index in [-0.39, 0.29) is 17.7 Å². The summed E-state index contributed by atoms with van der Waals surface area (Å²) in [6, 6.07) is 7.68. The number of nitrogens with one attached hydrogen (secondary N) is 1. The van der Waals surface area contributed by atoms with Crippen molar-refractivity contribution in [2.45, 2.75) is 32.6 Å². The SMILES string of the molecule is Cc1ccc(NC(=O)C2CCC(C(=O)O)CC2)cc1. The quantitative estimate of drug-likeness (QED) is 0.879. The fourth-order valence-electron chi connectivity index (χ4n) is 2.48. The van der Waals surface area contributed by atoms with Gasteiger partial charge in [-0.3, -0.25) is 9.59 Å². The lowest BCUT2D eigenvalue weighted by atomic mass is 9.81. The number of aryl methyl sites for hydroxylation is 1. The molecule has 1 aliphatic carbocycles. The van der Waals surface area contributed by atoms with Crippen LogP contribution < -0.4 is 5.32 Å². The van der Waals surface area contributed by atoms with Gasteiger partial charge >= 0.3 is 5.97 Å². The number of amides is 1. The fraction of sp³-hybridized carbons (Fsp3) is 0.467. The third-order valence-corrected chi connectivity index (χ3v) is 3.77. The van der Waals surface area contributed by atoms with E-state index in [4.69, 9.17) is 5.11 Å². The van der Waals surface area contributed by atoms with Crippen LogP contribution in [0.15, 0.2) is 24.3 Å². The van der Waals surface area contributed by atoms with Gasteiger partial charge in [0.05, 0.1) is 5.92 Å². The minimum absolute atomic E-state index is 0.00712. The van der Waals surface area contributed by atoms with E-state index < -0.39 is 5.97 Å². The summed E-state index contributed by atoms with van der Waals surface area (Å²) in [4.78, 5) is 22.9. The number of aliphatic carboxylic acids is 1. The van der Waals surface area contributed by atoms with Crippen LogP contribution in [-0.4, -0.2) is 17.0 Å². The first-order chi connectivity index (χ1) is 9.06. The number of benzene rings is 1. The normalized spacial score (nSPS) is 22.8. The standard InChI is InChI=1S/C15H19NO3/c1-10-2-8-13(9-3-10)16-14(17)11-4-6-12(7-5-11)15(18)19/h2-3,8-9,11-12H,4-7H2,1H3,(H,16,17)(H,18,19). The van der Waals surface area contributed by atoms with Crippen LogP contribution in [0.5, 0.6) is 0 Å². The third kappa shape index (κ3) is 3.56. The monoisotopic (exact) mass is 261 g/mol. The second-order valence-corrected chi connectivity index (χ2v) is 5.24.